The molecule has 0 aliphatic rings. The quantitative estimate of drug-likeness (QED) is 0.186. The van der Waals surface area contributed by atoms with Crippen LogP contribution < -0.4 is 0 Å². The van der Waals surface area contributed by atoms with Crippen LogP contribution in [0.15, 0.2) is 60.7 Å². The number of hydrogen-bond donors (Lipinski definition) is 8. The standard InChI is InChI=1S/2C7H6O4.C7H6O3.3CH4/c8-4-1-2-6(9)5(3-4)7(10)11;8-5-3-1-2-4(6(5)9)7(10)11;8-6-4-2-1-3-5(6)7(9)10;;;/h2*1-3,8-9H,(H,10,11);1-4,8H,(H,9,10);3*1H4. The first-order valence-electron chi connectivity index (χ1n) is 8.46. The first-order valence-corrected chi connectivity index (χ1v) is 8.46. The molecule has 192 valence electrons. The first-order chi connectivity index (χ1) is 15.0. The van der Waals surface area contributed by atoms with Crippen molar-refractivity contribution >= 4 is 17.9 Å². The second-order valence-corrected chi connectivity index (χ2v) is 5.81. The van der Waals surface area contributed by atoms with Gasteiger partial charge in [0.1, 0.15) is 33.9 Å². The summed E-state index contributed by atoms with van der Waals surface area (Å²) < 4.78 is 0. The molecule has 0 radical (unpaired) electrons. The highest BCUT2D eigenvalue weighted by Gasteiger charge is 2.11. The van der Waals surface area contributed by atoms with Crippen LogP contribution in [0.4, 0.5) is 0 Å². The first kappa shape index (κ1) is 34.7. The van der Waals surface area contributed by atoms with E-state index < -0.39 is 29.4 Å². The number of carboxylic acids is 3. The van der Waals surface area contributed by atoms with Crippen LogP contribution >= 0.6 is 0 Å². The van der Waals surface area contributed by atoms with Gasteiger partial charge in [-0.3, -0.25) is 0 Å². The Morgan fingerprint density at radius 3 is 1.31 bits per heavy atom. The van der Waals surface area contributed by atoms with Crippen LogP contribution in [0.5, 0.6) is 28.7 Å². The van der Waals surface area contributed by atoms with Gasteiger partial charge in [0.05, 0.1) is 0 Å². The van der Waals surface area contributed by atoms with Crippen LogP contribution in [0.25, 0.3) is 0 Å². The average molecular weight is 494 g/mol. The zero-order valence-electron chi connectivity index (χ0n) is 16.1. The fourth-order valence-corrected chi connectivity index (χ4v) is 2.05. The van der Waals surface area contributed by atoms with Crippen molar-refractivity contribution in [2.45, 2.75) is 22.3 Å². The van der Waals surface area contributed by atoms with E-state index in [9.17, 15) is 14.4 Å². The van der Waals surface area contributed by atoms with Gasteiger partial charge in [0.15, 0.2) is 11.5 Å². The van der Waals surface area contributed by atoms with Crippen molar-refractivity contribution in [1.82, 2.24) is 0 Å². The molecule has 3 aromatic rings. The Hall–Kier alpha value is -4.93. The lowest BCUT2D eigenvalue weighted by atomic mass is 10.2. The molecule has 0 heterocycles. The van der Waals surface area contributed by atoms with Crippen molar-refractivity contribution in [1.29, 1.82) is 0 Å². The van der Waals surface area contributed by atoms with Gasteiger partial charge in [-0.1, -0.05) is 40.5 Å². The van der Waals surface area contributed by atoms with Crippen LogP contribution in [0.1, 0.15) is 53.4 Å². The summed E-state index contributed by atoms with van der Waals surface area (Å²) in [6.45, 7) is 0. The summed E-state index contributed by atoms with van der Waals surface area (Å²) >= 11 is 0. The molecule has 3 aromatic carbocycles. The fourth-order valence-electron chi connectivity index (χ4n) is 2.05. The number of hydrogen-bond acceptors (Lipinski definition) is 8. The number of aromatic hydroxyl groups is 5. The van der Waals surface area contributed by atoms with Gasteiger partial charge in [0.25, 0.3) is 0 Å². The monoisotopic (exact) mass is 494 g/mol. The molecular formula is C24H30O11. The Morgan fingerprint density at radius 2 is 0.914 bits per heavy atom. The van der Waals surface area contributed by atoms with Crippen LogP contribution in [-0.2, 0) is 0 Å². The minimum Gasteiger partial charge on any atom is -0.508 e. The zero-order chi connectivity index (χ0) is 24.4. The SMILES string of the molecule is C.C.C.O=C(O)c1cc(O)ccc1O.O=C(O)c1cccc(O)c1O.O=C(O)c1ccccc1O. The van der Waals surface area contributed by atoms with Crippen molar-refractivity contribution in [2.75, 3.05) is 0 Å². The van der Waals surface area contributed by atoms with Crippen LogP contribution in [0.3, 0.4) is 0 Å². The summed E-state index contributed by atoms with van der Waals surface area (Å²) in [5.74, 6) is -5.40. The maximum absolute atomic E-state index is 10.3. The van der Waals surface area contributed by atoms with E-state index in [-0.39, 0.29) is 56.2 Å². The predicted octanol–water partition coefficient (Wildman–Crippen LogP) is 4.59. The summed E-state index contributed by atoms with van der Waals surface area (Å²) in [6.07, 6.45) is 0. The number of para-hydroxylation sites is 2. The Balaban J connectivity index is -0.000000421. The Labute approximate surface area is 202 Å². The molecule has 0 amide bonds. The van der Waals surface area contributed by atoms with E-state index in [1.54, 1.807) is 12.1 Å². The normalized spacial score (nSPS) is 8.57. The second-order valence-electron chi connectivity index (χ2n) is 5.81. The van der Waals surface area contributed by atoms with E-state index in [1.807, 2.05) is 0 Å². The summed E-state index contributed by atoms with van der Waals surface area (Å²) in [5, 5.41) is 69.6. The van der Waals surface area contributed by atoms with Crippen LogP contribution in [0, 0.1) is 0 Å². The maximum atomic E-state index is 10.3. The van der Waals surface area contributed by atoms with E-state index in [4.69, 9.17) is 40.9 Å². The van der Waals surface area contributed by atoms with Crippen molar-refractivity contribution in [2.24, 2.45) is 0 Å². The minimum atomic E-state index is -1.27. The van der Waals surface area contributed by atoms with E-state index in [0.29, 0.717) is 0 Å². The largest absolute Gasteiger partial charge is 0.508 e. The fraction of sp³-hybridized carbons (Fsp3) is 0.125. The summed E-state index contributed by atoms with van der Waals surface area (Å²) in [6, 6.07) is 12.9. The van der Waals surface area contributed by atoms with Crippen molar-refractivity contribution in [3.63, 3.8) is 0 Å². The molecule has 0 fully saturated rings. The van der Waals surface area contributed by atoms with E-state index in [1.165, 1.54) is 36.4 Å². The van der Waals surface area contributed by atoms with E-state index in [0.717, 1.165) is 12.1 Å². The highest BCUT2D eigenvalue weighted by molar-refractivity contribution is 5.92. The molecule has 0 aromatic heterocycles. The van der Waals surface area contributed by atoms with Gasteiger partial charge in [0.2, 0.25) is 0 Å². The molecule has 11 heteroatoms. The summed E-state index contributed by atoms with van der Waals surface area (Å²) in [7, 11) is 0. The molecule has 0 aliphatic heterocycles. The third-order valence-electron chi connectivity index (χ3n) is 3.59. The number of aromatic carboxylic acids is 3. The van der Waals surface area contributed by atoms with Gasteiger partial charge >= 0.3 is 17.9 Å². The third kappa shape index (κ3) is 10.5. The predicted molar refractivity (Wildman–Crippen MR) is 129 cm³/mol. The van der Waals surface area contributed by atoms with E-state index in [2.05, 4.69) is 0 Å². The summed E-state index contributed by atoms with van der Waals surface area (Å²) in [4.78, 5) is 30.9. The topological polar surface area (TPSA) is 213 Å². The molecule has 0 unspecified atom stereocenters. The molecule has 0 bridgehead atoms. The van der Waals surface area contributed by atoms with Crippen LogP contribution in [-0.4, -0.2) is 58.8 Å². The lowest BCUT2D eigenvalue weighted by Gasteiger charge is -1.99. The number of carbonyl (C=O) groups is 3. The van der Waals surface area contributed by atoms with E-state index >= 15 is 0 Å². The number of phenolic OH excluding ortho intramolecular Hbond substituents is 2. The van der Waals surface area contributed by atoms with Gasteiger partial charge in [-0.25, -0.2) is 14.4 Å². The highest BCUT2D eigenvalue weighted by atomic mass is 16.4. The molecular weight excluding hydrogens is 464 g/mol. The number of phenols is 5. The third-order valence-corrected chi connectivity index (χ3v) is 3.59. The van der Waals surface area contributed by atoms with Crippen molar-refractivity contribution < 1.29 is 55.2 Å². The second kappa shape index (κ2) is 15.8. The Morgan fingerprint density at radius 1 is 0.486 bits per heavy atom. The van der Waals surface area contributed by atoms with Gasteiger partial charge in [-0.05, 0) is 42.5 Å². The molecule has 0 atom stereocenters. The minimum absolute atomic E-state index is 0. The van der Waals surface area contributed by atoms with Crippen LogP contribution in [0.2, 0.25) is 0 Å². The number of benzene rings is 3. The van der Waals surface area contributed by atoms with Crippen molar-refractivity contribution in [3.8, 4) is 28.7 Å². The van der Waals surface area contributed by atoms with Gasteiger partial charge < -0.3 is 40.9 Å². The summed E-state index contributed by atoms with van der Waals surface area (Å²) in [5.41, 5.74) is -0.669. The molecule has 0 saturated heterocycles. The highest BCUT2D eigenvalue weighted by Crippen LogP contribution is 2.27. The average Bonchev–Trinajstić information content (AvgIpc) is 2.72. The number of carboxylic acid groups (broad SMARTS) is 3. The van der Waals surface area contributed by atoms with Gasteiger partial charge in [-0.15, -0.1) is 0 Å². The van der Waals surface area contributed by atoms with Gasteiger partial charge in [-0.2, -0.15) is 0 Å². The maximum Gasteiger partial charge on any atom is 0.339 e. The van der Waals surface area contributed by atoms with Gasteiger partial charge in [0, 0.05) is 0 Å². The molecule has 0 spiro atoms. The molecule has 35 heavy (non-hydrogen) atoms. The molecule has 3 rings (SSSR count). The van der Waals surface area contributed by atoms with Crippen molar-refractivity contribution in [3.05, 3.63) is 77.4 Å². The molecule has 0 saturated carbocycles. The molecule has 11 nitrogen and oxygen atoms in total. The lowest BCUT2D eigenvalue weighted by Crippen LogP contribution is -1.95. The zero-order valence-corrected chi connectivity index (χ0v) is 16.1. The Kier molecular flexibility index (Phi) is 15.7. The molecule has 0 aliphatic carbocycles. The number of rotatable bonds is 3. The molecule has 8 N–H and O–H groups in total. The smallest absolute Gasteiger partial charge is 0.339 e. The lowest BCUT2D eigenvalue weighted by molar-refractivity contribution is 0.0682. The Bertz CT molecular complexity index is 1110.